The van der Waals surface area contributed by atoms with Crippen molar-refractivity contribution in [3.05, 3.63) is 73.1 Å². The topological polar surface area (TPSA) is 50.2 Å². The summed E-state index contributed by atoms with van der Waals surface area (Å²) >= 11 is 0. The summed E-state index contributed by atoms with van der Waals surface area (Å²) in [5, 5.41) is 3.54. The van der Waals surface area contributed by atoms with Gasteiger partial charge in [0.1, 0.15) is 6.79 Å². The van der Waals surface area contributed by atoms with Gasteiger partial charge >= 0.3 is 0 Å². The molecule has 4 heterocycles. The molecule has 5 heteroatoms. The minimum Gasteiger partial charge on any atom is -0.371 e. The second-order valence-corrected chi connectivity index (χ2v) is 8.98. The number of benzene rings is 1. The molecule has 34 heavy (non-hydrogen) atoms. The van der Waals surface area contributed by atoms with E-state index < -0.39 is 0 Å². The van der Waals surface area contributed by atoms with Crippen LogP contribution >= 0.6 is 0 Å². The average Bonchev–Trinajstić information content (AvgIpc) is 3.64. The Kier molecular flexibility index (Phi) is 11.5. The van der Waals surface area contributed by atoms with Crippen LogP contribution in [-0.4, -0.2) is 42.0 Å². The summed E-state index contributed by atoms with van der Waals surface area (Å²) in [4.78, 5) is 15.0. The Morgan fingerprint density at radius 2 is 1.94 bits per heavy atom. The van der Waals surface area contributed by atoms with E-state index in [1.165, 1.54) is 73.2 Å². The van der Waals surface area contributed by atoms with Crippen molar-refractivity contribution < 1.29 is 4.79 Å². The van der Waals surface area contributed by atoms with Crippen molar-refractivity contribution in [2.24, 2.45) is 13.0 Å². The first-order valence-electron chi connectivity index (χ1n) is 12.4. The first-order chi connectivity index (χ1) is 16.6. The Hall–Kier alpha value is -2.92. The van der Waals surface area contributed by atoms with Gasteiger partial charge in [0, 0.05) is 44.3 Å². The van der Waals surface area contributed by atoms with E-state index in [1.54, 1.807) is 0 Å². The standard InChI is InChI=1S/C13H17N3.C13H19N.C2H4.CH2O/c1-16-9-10(8-11-4-2-6-14-11)13-12(16)5-3-7-15-13;1-3-12-7-8-14(10-12)13-6-4-5-11(2)9-13;2*1-2/h3,5,7,9,11,14H,2,4,6,8H2,1H3;4-6,9,12H,3,7-8,10H2,1-2H3;1-2H2;1H2. The van der Waals surface area contributed by atoms with Crippen molar-refractivity contribution in [2.45, 2.75) is 52.0 Å². The third-order valence-electron chi connectivity index (χ3n) is 6.68. The molecule has 0 saturated carbocycles. The molecule has 2 aromatic heterocycles. The minimum absolute atomic E-state index is 0.646. The summed E-state index contributed by atoms with van der Waals surface area (Å²) in [6.45, 7) is 16.1. The predicted molar refractivity (Wildman–Crippen MR) is 146 cm³/mol. The molecule has 2 saturated heterocycles. The maximum atomic E-state index is 8.00. The summed E-state index contributed by atoms with van der Waals surface area (Å²) in [6, 6.07) is 13.6. The van der Waals surface area contributed by atoms with Gasteiger partial charge in [-0.1, -0.05) is 25.5 Å². The Balaban J connectivity index is 0.000000211. The molecule has 0 radical (unpaired) electrons. The second-order valence-electron chi connectivity index (χ2n) is 8.98. The van der Waals surface area contributed by atoms with Crippen LogP contribution in [-0.2, 0) is 18.3 Å². The third-order valence-corrected chi connectivity index (χ3v) is 6.68. The second kappa shape index (κ2) is 14.4. The van der Waals surface area contributed by atoms with Crippen LogP contribution in [0.5, 0.6) is 0 Å². The number of anilines is 1. The highest BCUT2D eigenvalue weighted by atomic mass is 16.1. The molecular formula is C29H42N4O. The zero-order valence-corrected chi connectivity index (χ0v) is 21.3. The smallest absolute Gasteiger partial charge is 0.106 e. The van der Waals surface area contributed by atoms with Crippen LogP contribution in [0.2, 0.25) is 0 Å². The molecule has 0 spiro atoms. The molecule has 2 aliphatic heterocycles. The third kappa shape index (κ3) is 7.29. The van der Waals surface area contributed by atoms with Gasteiger partial charge in [0.15, 0.2) is 0 Å². The predicted octanol–water partition coefficient (Wildman–Crippen LogP) is 5.72. The van der Waals surface area contributed by atoms with Crippen LogP contribution in [0, 0.1) is 12.8 Å². The fourth-order valence-electron chi connectivity index (χ4n) is 4.86. The number of pyridine rings is 1. The number of aromatic nitrogens is 2. The monoisotopic (exact) mass is 462 g/mol. The summed E-state index contributed by atoms with van der Waals surface area (Å²) in [5.41, 5.74) is 6.54. The maximum Gasteiger partial charge on any atom is 0.106 e. The lowest BCUT2D eigenvalue weighted by molar-refractivity contribution is -0.0979. The zero-order valence-electron chi connectivity index (χ0n) is 21.3. The summed E-state index contributed by atoms with van der Waals surface area (Å²) in [5.74, 6) is 0.913. The molecule has 3 aromatic rings. The SMILES string of the molecule is C=C.C=O.CCC1CCN(c2cccc(C)c2)C1.Cn1cc(CC2CCCN2)c2ncccc21. The van der Waals surface area contributed by atoms with Crippen molar-refractivity contribution in [2.75, 3.05) is 24.5 Å². The van der Waals surface area contributed by atoms with Gasteiger partial charge in [0.25, 0.3) is 0 Å². The fourth-order valence-corrected chi connectivity index (χ4v) is 4.86. The Bertz CT molecular complexity index is 991. The number of hydrogen-bond acceptors (Lipinski definition) is 4. The number of carbonyl (C=O) groups excluding carboxylic acids is 1. The van der Waals surface area contributed by atoms with Gasteiger partial charge in [-0.15, -0.1) is 13.2 Å². The van der Waals surface area contributed by atoms with Gasteiger partial charge in [-0.2, -0.15) is 0 Å². The van der Waals surface area contributed by atoms with Gasteiger partial charge in [0.2, 0.25) is 0 Å². The van der Waals surface area contributed by atoms with E-state index in [1.807, 2.05) is 19.1 Å². The lowest BCUT2D eigenvalue weighted by Crippen LogP contribution is -2.23. The van der Waals surface area contributed by atoms with Crippen LogP contribution in [0.4, 0.5) is 5.69 Å². The number of aryl methyl sites for hydroxylation is 2. The van der Waals surface area contributed by atoms with Crippen LogP contribution < -0.4 is 10.2 Å². The van der Waals surface area contributed by atoms with Crippen molar-refractivity contribution in [1.29, 1.82) is 0 Å². The Morgan fingerprint density at radius 3 is 2.59 bits per heavy atom. The molecule has 5 nitrogen and oxygen atoms in total. The highest BCUT2D eigenvalue weighted by Gasteiger charge is 2.21. The van der Waals surface area contributed by atoms with Gasteiger partial charge < -0.3 is 19.6 Å². The first-order valence-corrected chi connectivity index (χ1v) is 12.4. The lowest BCUT2D eigenvalue weighted by atomic mass is 10.1. The average molecular weight is 463 g/mol. The molecule has 184 valence electrons. The van der Waals surface area contributed by atoms with Gasteiger partial charge in [-0.3, -0.25) is 4.98 Å². The lowest BCUT2D eigenvalue weighted by Gasteiger charge is -2.18. The number of carbonyl (C=O) groups is 1. The number of rotatable bonds is 4. The quantitative estimate of drug-likeness (QED) is 0.504. The number of hydrogen-bond donors (Lipinski definition) is 1. The summed E-state index contributed by atoms with van der Waals surface area (Å²) in [6.07, 6.45) is 10.5. The molecule has 0 amide bonds. The molecule has 2 aliphatic rings. The molecule has 2 fully saturated rings. The molecular weight excluding hydrogens is 420 g/mol. The van der Waals surface area contributed by atoms with Crippen molar-refractivity contribution in [3.63, 3.8) is 0 Å². The number of nitrogens with one attached hydrogen (secondary N) is 1. The molecule has 0 aliphatic carbocycles. The van der Waals surface area contributed by atoms with Crippen molar-refractivity contribution in [3.8, 4) is 0 Å². The molecule has 1 N–H and O–H groups in total. The fraction of sp³-hybridized carbons (Fsp3) is 0.448. The van der Waals surface area contributed by atoms with Crippen LogP contribution in [0.25, 0.3) is 11.0 Å². The van der Waals surface area contributed by atoms with Crippen molar-refractivity contribution in [1.82, 2.24) is 14.9 Å². The van der Waals surface area contributed by atoms with Gasteiger partial charge in [0.05, 0.1) is 11.0 Å². The summed E-state index contributed by atoms with van der Waals surface area (Å²) < 4.78 is 2.17. The molecule has 1 aromatic carbocycles. The zero-order chi connectivity index (χ0) is 24.9. The molecule has 2 unspecified atom stereocenters. The number of fused-ring (bicyclic) bond motifs is 1. The van der Waals surface area contributed by atoms with E-state index in [9.17, 15) is 0 Å². The van der Waals surface area contributed by atoms with Crippen LogP contribution in [0.15, 0.2) is 61.9 Å². The van der Waals surface area contributed by atoms with Crippen molar-refractivity contribution >= 4 is 23.5 Å². The maximum absolute atomic E-state index is 8.00. The largest absolute Gasteiger partial charge is 0.371 e. The van der Waals surface area contributed by atoms with Gasteiger partial charge in [-0.05, 0) is 80.5 Å². The van der Waals surface area contributed by atoms with E-state index in [0.717, 1.165) is 12.3 Å². The molecule has 2 atom stereocenters. The van der Waals surface area contributed by atoms with E-state index >= 15 is 0 Å². The van der Waals surface area contributed by atoms with Crippen LogP contribution in [0.1, 0.15) is 43.7 Å². The van der Waals surface area contributed by atoms with Gasteiger partial charge in [-0.25, -0.2) is 0 Å². The summed E-state index contributed by atoms with van der Waals surface area (Å²) in [7, 11) is 2.09. The first kappa shape index (κ1) is 27.3. The Labute approximate surface area is 205 Å². The molecule has 0 bridgehead atoms. The Morgan fingerprint density at radius 1 is 1.15 bits per heavy atom. The van der Waals surface area contributed by atoms with E-state index in [-0.39, 0.29) is 0 Å². The van der Waals surface area contributed by atoms with E-state index in [0.29, 0.717) is 6.04 Å². The van der Waals surface area contributed by atoms with E-state index in [4.69, 9.17) is 4.79 Å². The highest BCUT2D eigenvalue weighted by molar-refractivity contribution is 5.79. The molecule has 5 rings (SSSR count). The number of nitrogens with zero attached hydrogens (tertiary/aromatic N) is 3. The highest BCUT2D eigenvalue weighted by Crippen LogP contribution is 2.26. The minimum atomic E-state index is 0.646. The normalized spacial score (nSPS) is 18.9. The van der Waals surface area contributed by atoms with E-state index in [2.05, 4.69) is 90.3 Å². The van der Waals surface area contributed by atoms with Crippen LogP contribution in [0.3, 0.4) is 0 Å².